The second-order valence-corrected chi connectivity index (χ2v) is 5.66. The lowest BCUT2D eigenvalue weighted by atomic mass is 9.97. The van der Waals surface area contributed by atoms with Crippen LogP contribution >= 0.6 is 11.8 Å². The third-order valence-electron chi connectivity index (χ3n) is 3.44. The molecule has 0 saturated heterocycles. The monoisotopic (exact) mass is 303 g/mol. The highest BCUT2D eigenvalue weighted by atomic mass is 32.2. The summed E-state index contributed by atoms with van der Waals surface area (Å²) >= 11 is 1.59. The maximum absolute atomic E-state index is 12.4. The van der Waals surface area contributed by atoms with Crippen LogP contribution in [-0.2, 0) is 6.18 Å². The number of anilines is 1. The van der Waals surface area contributed by atoms with E-state index in [1.807, 2.05) is 0 Å². The summed E-state index contributed by atoms with van der Waals surface area (Å²) in [4.78, 5) is 8.06. The van der Waals surface area contributed by atoms with Crippen LogP contribution in [-0.4, -0.2) is 21.4 Å². The molecule has 0 atom stereocenters. The third kappa shape index (κ3) is 3.26. The molecular formula is C13H16F3N3S. The first kappa shape index (κ1) is 15.2. The Morgan fingerprint density at radius 1 is 1.30 bits per heavy atom. The maximum atomic E-state index is 12.4. The molecule has 0 spiro atoms. The van der Waals surface area contributed by atoms with Crippen LogP contribution in [0.2, 0.25) is 0 Å². The Labute approximate surface area is 120 Å². The van der Waals surface area contributed by atoms with Gasteiger partial charge in [-0.3, -0.25) is 4.99 Å². The van der Waals surface area contributed by atoms with E-state index >= 15 is 0 Å². The molecule has 2 heterocycles. The first-order chi connectivity index (χ1) is 9.38. The van der Waals surface area contributed by atoms with Crippen LogP contribution in [0, 0.1) is 0 Å². The molecule has 20 heavy (non-hydrogen) atoms. The van der Waals surface area contributed by atoms with Gasteiger partial charge in [0.05, 0.1) is 17.4 Å². The molecule has 1 aliphatic heterocycles. The molecule has 1 N–H and O–H groups in total. The third-order valence-corrected chi connectivity index (χ3v) is 4.59. The Bertz CT molecular complexity index is 493. The van der Waals surface area contributed by atoms with Crippen molar-refractivity contribution < 1.29 is 13.2 Å². The molecule has 0 radical (unpaired) electrons. The lowest BCUT2D eigenvalue weighted by Gasteiger charge is -2.20. The summed E-state index contributed by atoms with van der Waals surface area (Å²) in [6.45, 7) is 4.19. The van der Waals surface area contributed by atoms with Crippen molar-refractivity contribution in [1.82, 2.24) is 4.98 Å². The lowest BCUT2D eigenvalue weighted by molar-refractivity contribution is -0.141. The summed E-state index contributed by atoms with van der Waals surface area (Å²) in [6, 6.07) is 2.34. The molecule has 0 saturated carbocycles. The van der Waals surface area contributed by atoms with Crippen molar-refractivity contribution in [2.24, 2.45) is 4.99 Å². The molecule has 0 aromatic carbocycles. The molecule has 1 aliphatic rings. The maximum Gasteiger partial charge on any atom is 0.433 e. The Hall–Kier alpha value is -1.24. The first-order valence-electron chi connectivity index (χ1n) is 6.41. The summed E-state index contributed by atoms with van der Waals surface area (Å²) in [5.74, 6) is 0.899. The van der Waals surface area contributed by atoms with Crippen LogP contribution in [0.15, 0.2) is 23.3 Å². The van der Waals surface area contributed by atoms with E-state index in [2.05, 4.69) is 29.1 Å². The molecular weight excluding hydrogens is 287 g/mol. The van der Waals surface area contributed by atoms with Gasteiger partial charge in [-0.1, -0.05) is 25.6 Å². The van der Waals surface area contributed by atoms with Gasteiger partial charge in [-0.2, -0.15) is 13.2 Å². The Balaban J connectivity index is 2.08. The summed E-state index contributed by atoms with van der Waals surface area (Å²) in [6.07, 6.45) is -1.32. The summed E-state index contributed by atoms with van der Waals surface area (Å²) < 4.78 is 37.2. The van der Waals surface area contributed by atoms with Crippen LogP contribution in [0.25, 0.3) is 0 Å². The minimum atomic E-state index is -4.41. The van der Waals surface area contributed by atoms with Crippen LogP contribution in [0.1, 0.15) is 32.4 Å². The van der Waals surface area contributed by atoms with E-state index in [0.717, 1.165) is 29.8 Å². The van der Waals surface area contributed by atoms with E-state index in [9.17, 15) is 13.2 Å². The van der Waals surface area contributed by atoms with Gasteiger partial charge in [0.1, 0.15) is 5.69 Å². The molecule has 0 unspecified atom stereocenters. The van der Waals surface area contributed by atoms with Gasteiger partial charge in [0.2, 0.25) is 0 Å². The minimum Gasteiger partial charge on any atom is -0.334 e. The van der Waals surface area contributed by atoms with Crippen molar-refractivity contribution >= 4 is 22.6 Å². The van der Waals surface area contributed by atoms with Crippen molar-refractivity contribution in [1.29, 1.82) is 0 Å². The van der Waals surface area contributed by atoms with Gasteiger partial charge in [0.15, 0.2) is 5.17 Å². The zero-order valence-corrected chi connectivity index (χ0v) is 12.1. The fraction of sp³-hybridized carbons (Fsp3) is 0.538. The van der Waals surface area contributed by atoms with E-state index in [1.54, 1.807) is 11.8 Å². The normalized spacial score (nSPS) is 17.9. The topological polar surface area (TPSA) is 37.3 Å². The number of aliphatic imine (C=N–C) groups is 1. The smallest absolute Gasteiger partial charge is 0.334 e. The highest BCUT2D eigenvalue weighted by molar-refractivity contribution is 8.14. The average Bonchev–Trinajstić information content (AvgIpc) is 2.82. The Morgan fingerprint density at radius 3 is 2.45 bits per heavy atom. The number of hydrogen-bond donors (Lipinski definition) is 1. The van der Waals surface area contributed by atoms with Crippen molar-refractivity contribution in [3.63, 3.8) is 0 Å². The molecule has 110 valence electrons. The van der Waals surface area contributed by atoms with E-state index in [-0.39, 0.29) is 5.54 Å². The largest absolute Gasteiger partial charge is 0.433 e. The van der Waals surface area contributed by atoms with Crippen LogP contribution < -0.4 is 5.32 Å². The quantitative estimate of drug-likeness (QED) is 0.910. The van der Waals surface area contributed by atoms with Crippen molar-refractivity contribution in [3.8, 4) is 0 Å². The molecule has 0 bridgehead atoms. The number of amidine groups is 1. The fourth-order valence-electron chi connectivity index (χ4n) is 1.92. The molecule has 7 heteroatoms. The number of nitrogens with one attached hydrogen (secondary N) is 1. The van der Waals surface area contributed by atoms with Gasteiger partial charge in [0.25, 0.3) is 0 Å². The lowest BCUT2D eigenvalue weighted by Crippen LogP contribution is -2.24. The Kier molecular flexibility index (Phi) is 4.27. The second-order valence-electron chi connectivity index (χ2n) is 4.69. The second kappa shape index (κ2) is 5.63. The van der Waals surface area contributed by atoms with E-state index < -0.39 is 11.9 Å². The SMILES string of the molecule is CCC1(CC)CSC(Nc2ccc(C(F)(F)F)nc2)=N1. The van der Waals surface area contributed by atoms with Crippen LogP contribution in [0.4, 0.5) is 18.9 Å². The van der Waals surface area contributed by atoms with Gasteiger partial charge >= 0.3 is 6.18 Å². The molecule has 2 rings (SSSR count). The van der Waals surface area contributed by atoms with Gasteiger partial charge in [0, 0.05) is 5.75 Å². The van der Waals surface area contributed by atoms with E-state index in [0.29, 0.717) is 5.69 Å². The number of halogens is 3. The molecule has 0 amide bonds. The zero-order valence-electron chi connectivity index (χ0n) is 11.3. The zero-order chi connectivity index (χ0) is 14.8. The average molecular weight is 303 g/mol. The van der Waals surface area contributed by atoms with Crippen LogP contribution in [0.3, 0.4) is 0 Å². The summed E-state index contributed by atoms with van der Waals surface area (Å²) in [5, 5.41) is 3.77. The number of nitrogens with zero attached hydrogens (tertiary/aromatic N) is 2. The highest BCUT2D eigenvalue weighted by Crippen LogP contribution is 2.34. The van der Waals surface area contributed by atoms with Gasteiger partial charge in [-0.15, -0.1) is 0 Å². The van der Waals surface area contributed by atoms with Crippen molar-refractivity contribution in [3.05, 3.63) is 24.0 Å². The number of rotatable bonds is 3. The predicted octanol–water partition coefficient (Wildman–Crippen LogP) is 4.17. The van der Waals surface area contributed by atoms with E-state index in [4.69, 9.17) is 0 Å². The highest BCUT2D eigenvalue weighted by Gasteiger charge is 2.33. The minimum absolute atomic E-state index is 0.0493. The predicted molar refractivity (Wildman–Crippen MR) is 76.1 cm³/mol. The number of thioether (sulfide) groups is 1. The van der Waals surface area contributed by atoms with E-state index in [1.165, 1.54) is 12.3 Å². The summed E-state index contributed by atoms with van der Waals surface area (Å²) in [7, 11) is 0. The standard InChI is InChI=1S/C13H16F3N3S/c1-3-12(4-2)8-20-11(19-12)18-9-5-6-10(17-7-9)13(14,15)16/h5-7H,3-4,8H2,1-2H3,(H,18,19). The van der Waals surface area contributed by atoms with Crippen LogP contribution in [0.5, 0.6) is 0 Å². The fourth-order valence-corrected chi connectivity index (χ4v) is 3.24. The molecule has 1 aromatic rings. The number of pyridine rings is 1. The number of alkyl halides is 3. The molecule has 0 fully saturated rings. The number of aromatic nitrogens is 1. The summed E-state index contributed by atoms with van der Waals surface area (Å²) in [5.41, 5.74) is -0.417. The molecule has 3 nitrogen and oxygen atoms in total. The van der Waals surface area contributed by atoms with Gasteiger partial charge < -0.3 is 5.32 Å². The van der Waals surface area contributed by atoms with Crippen molar-refractivity contribution in [2.75, 3.05) is 11.1 Å². The van der Waals surface area contributed by atoms with Gasteiger partial charge in [-0.25, -0.2) is 4.98 Å². The molecule has 0 aliphatic carbocycles. The molecule has 1 aromatic heterocycles. The number of hydrogen-bond acceptors (Lipinski definition) is 4. The Morgan fingerprint density at radius 2 is 2.00 bits per heavy atom. The van der Waals surface area contributed by atoms with Gasteiger partial charge in [-0.05, 0) is 25.0 Å². The van der Waals surface area contributed by atoms with Crippen molar-refractivity contribution in [2.45, 2.75) is 38.4 Å². The first-order valence-corrected chi connectivity index (χ1v) is 7.40.